The van der Waals surface area contributed by atoms with Crippen molar-refractivity contribution in [1.29, 1.82) is 5.26 Å². The molecule has 146 valence electrons. The fourth-order valence-corrected chi connectivity index (χ4v) is 3.77. The van der Waals surface area contributed by atoms with E-state index in [1.54, 1.807) is 24.3 Å². The molecule has 0 fully saturated rings. The summed E-state index contributed by atoms with van der Waals surface area (Å²) in [4.78, 5) is 0. The highest BCUT2D eigenvalue weighted by Crippen LogP contribution is 2.27. The van der Waals surface area contributed by atoms with Crippen molar-refractivity contribution in [3.63, 3.8) is 0 Å². The van der Waals surface area contributed by atoms with E-state index in [-0.39, 0.29) is 0 Å². The number of aromatic nitrogens is 1. The molecule has 1 heterocycles. The second kappa shape index (κ2) is 8.23. The van der Waals surface area contributed by atoms with Crippen LogP contribution in [0.4, 0.5) is 4.39 Å². The summed E-state index contributed by atoms with van der Waals surface area (Å²) in [5.41, 5.74) is 6.98. The van der Waals surface area contributed by atoms with Gasteiger partial charge in [-0.25, -0.2) is 4.39 Å². The van der Waals surface area contributed by atoms with Crippen molar-refractivity contribution >= 4 is 11.6 Å². The number of hydrogen-bond donors (Lipinski definition) is 0. The predicted octanol–water partition coefficient (Wildman–Crippen LogP) is 6.96. The lowest BCUT2D eigenvalue weighted by molar-refractivity contribution is 0.624. The molecule has 0 amide bonds. The molecule has 4 rings (SSSR count). The zero-order chi connectivity index (χ0) is 21.1. The normalized spacial score (nSPS) is 11.3. The molecule has 3 aromatic carbocycles. The minimum Gasteiger partial charge on any atom is -0.318 e. The van der Waals surface area contributed by atoms with Crippen LogP contribution in [-0.4, -0.2) is 4.57 Å². The number of allylic oxidation sites excluding steroid dienone is 1. The second-order valence-corrected chi connectivity index (χ2v) is 7.22. The van der Waals surface area contributed by atoms with Gasteiger partial charge in [-0.3, -0.25) is 0 Å². The van der Waals surface area contributed by atoms with Gasteiger partial charge in [-0.15, -0.1) is 0 Å². The van der Waals surface area contributed by atoms with Crippen LogP contribution in [0.5, 0.6) is 0 Å². The summed E-state index contributed by atoms with van der Waals surface area (Å²) in [6.45, 7) is 4.05. The highest BCUT2D eigenvalue weighted by atomic mass is 19.1. The zero-order valence-electron chi connectivity index (χ0n) is 16.9. The van der Waals surface area contributed by atoms with Gasteiger partial charge in [-0.05, 0) is 60.9 Å². The number of hydrogen-bond acceptors (Lipinski definition) is 1. The van der Waals surface area contributed by atoms with Crippen molar-refractivity contribution in [1.82, 2.24) is 4.57 Å². The molecular weight excluding hydrogens is 371 g/mol. The average molecular weight is 392 g/mol. The van der Waals surface area contributed by atoms with Gasteiger partial charge in [0.05, 0.1) is 11.6 Å². The van der Waals surface area contributed by atoms with Gasteiger partial charge in [0.15, 0.2) is 0 Å². The molecule has 0 atom stereocenters. The third kappa shape index (κ3) is 3.68. The molecule has 4 aromatic rings. The number of nitrogens with zero attached hydrogens (tertiary/aromatic N) is 2. The van der Waals surface area contributed by atoms with E-state index in [2.05, 4.69) is 47.0 Å². The lowest BCUT2D eigenvalue weighted by Gasteiger charge is -2.11. The fourth-order valence-electron chi connectivity index (χ4n) is 3.77. The molecule has 0 bridgehead atoms. The third-order valence-corrected chi connectivity index (χ3v) is 5.29. The molecule has 2 nitrogen and oxygen atoms in total. The molecule has 0 spiro atoms. The van der Waals surface area contributed by atoms with Crippen LogP contribution < -0.4 is 0 Å². The Morgan fingerprint density at radius 1 is 0.867 bits per heavy atom. The van der Waals surface area contributed by atoms with E-state index in [1.807, 2.05) is 38.1 Å². The van der Waals surface area contributed by atoms with Crippen LogP contribution in [-0.2, 0) is 0 Å². The first kappa shape index (κ1) is 19.4. The Bertz CT molecular complexity index is 1260. The highest BCUT2D eigenvalue weighted by molar-refractivity contribution is 5.90. The molecule has 30 heavy (non-hydrogen) atoms. The van der Waals surface area contributed by atoms with Gasteiger partial charge >= 0.3 is 0 Å². The molecule has 0 saturated carbocycles. The molecule has 1 aromatic heterocycles. The Labute approximate surface area is 176 Å². The standard InChI is InChI=1S/C27H21FN2/c1-19-16-23(17-24(18-29)26-10-6-7-11-27(26)28)20(2)30(19)25-14-12-22(13-15-25)21-8-4-3-5-9-21/h3-17H,1-2H3/b24-17+. The first-order valence-corrected chi connectivity index (χ1v) is 9.80. The maximum Gasteiger partial charge on any atom is 0.131 e. The van der Waals surface area contributed by atoms with Gasteiger partial charge in [0.25, 0.3) is 0 Å². The van der Waals surface area contributed by atoms with E-state index in [1.165, 1.54) is 11.6 Å². The summed E-state index contributed by atoms with van der Waals surface area (Å²) >= 11 is 0. The van der Waals surface area contributed by atoms with E-state index in [4.69, 9.17) is 0 Å². The summed E-state index contributed by atoms with van der Waals surface area (Å²) in [6, 6.07) is 29.2. The van der Waals surface area contributed by atoms with Crippen LogP contribution in [0, 0.1) is 31.0 Å². The Morgan fingerprint density at radius 2 is 1.50 bits per heavy atom. The monoisotopic (exact) mass is 392 g/mol. The van der Waals surface area contributed by atoms with Gasteiger partial charge in [0, 0.05) is 22.6 Å². The van der Waals surface area contributed by atoms with E-state index in [0.29, 0.717) is 11.1 Å². The van der Waals surface area contributed by atoms with Crippen LogP contribution in [0.25, 0.3) is 28.5 Å². The van der Waals surface area contributed by atoms with Gasteiger partial charge < -0.3 is 4.57 Å². The number of nitriles is 1. The molecule has 0 aliphatic rings. The van der Waals surface area contributed by atoms with E-state index < -0.39 is 5.82 Å². The molecular formula is C27H21FN2. The Morgan fingerprint density at radius 3 is 2.17 bits per heavy atom. The first-order valence-electron chi connectivity index (χ1n) is 9.80. The van der Waals surface area contributed by atoms with Crippen molar-refractivity contribution in [3.8, 4) is 22.9 Å². The SMILES string of the molecule is Cc1cc(/C=C(\C#N)c2ccccc2F)c(C)n1-c1ccc(-c2ccccc2)cc1. The largest absolute Gasteiger partial charge is 0.318 e. The zero-order valence-corrected chi connectivity index (χ0v) is 16.9. The number of aryl methyl sites for hydroxylation is 1. The lowest BCUT2D eigenvalue weighted by Crippen LogP contribution is -1.99. The summed E-state index contributed by atoms with van der Waals surface area (Å²) in [5.74, 6) is -0.393. The van der Waals surface area contributed by atoms with Crippen LogP contribution in [0.15, 0.2) is 84.9 Å². The lowest BCUT2D eigenvalue weighted by atomic mass is 10.0. The van der Waals surface area contributed by atoms with Crippen molar-refractivity contribution in [2.75, 3.05) is 0 Å². The van der Waals surface area contributed by atoms with Gasteiger partial charge in [-0.1, -0.05) is 60.7 Å². The molecule has 0 unspecified atom stereocenters. The summed E-state index contributed by atoms with van der Waals surface area (Å²) in [7, 11) is 0. The maximum atomic E-state index is 14.2. The Hall–Kier alpha value is -3.90. The predicted molar refractivity (Wildman–Crippen MR) is 121 cm³/mol. The average Bonchev–Trinajstić information content (AvgIpc) is 3.06. The molecule has 0 aliphatic carbocycles. The van der Waals surface area contributed by atoms with Crippen LogP contribution in [0.2, 0.25) is 0 Å². The highest BCUT2D eigenvalue weighted by Gasteiger charge is 2.12. The Balaban J connectivity index is 1.72. The minimum atomic E-state index is -0.393. The second-order valence-electron chi connectivity index (χ2n) is 7.22. The summed E-state index contributed by atoms with van der Waals surface area (Å²) < 4.78 is 16.3. The number of benzene rings is 3. The van der Waals surface area contributed by atoms with Crippen molar-refractivity contribution < 1.29 is 4.39 Å². The molecule has 0 radical (unpaired) electrons. The van der Waals surface area contributed by atoms with Gasteiger partial charge in [0.1, 0.15) is 5.82 Å². The van der Waals surface area contributed by atoms with E-state index >= 15 is 0 Å². The van der Waals surface area contributed by atoms with Crippen LogP contribution in [0.3, 0.4) is 0 Å². The maximum absolute atomic E-state index is 14.2. The van der Waals surface area contributed by atoms with Crippen molar-refractivity contribution in [2.45, 2.75) is 13.8 Å². The van der Waals surface area contributed by atoms with Crippen molar-refractivity contribution in [3.05, 3.63) is 113 Å². The molecule has 0 saturated heterocycles. The first-order chi connectivity index (χ1) is 14.6. The smallest absolute Gasteiger partial charge is 0.131 e. The van der Waals surface area contributed by atoms with Crippen molar-refractivity contribution in [2.24, 2.45) is 0 Å². The summed E-state index contributed by atoms with van der Waals surface area (Å²) in [5, 5.41) is 9.60. The van der Waals surface area contributed by atoms with E-state index in [0.717, 1.165) is 28.2 Å². The topological polar surface area (TPSA) is 28.7 Å². The molecule has 0 aliphatic heterocycles. The minimum absolute atomic E-state index is 0.313. The number of halogens is 1. The van der Waals surface area contributed by atoms with Crippen LogP contribution in [0.1, 0.15) is 22.5 Å². The molecule has 3 heteroatoms. The molecule has 0 N–H and O–H groups in total. The van der Waals surface area contributed by atoms with E-state index in [9.17, 15) is 9.65 Å². The van der Waals surface area contributed by atoms with Gasteiger partial charge in [0.2, 0.25) is 0 Å². The van der Waals surface area contributed by atoms with Crippen LogP contribution >= 0.6 is 0 Å². The third-order valence-electron chi connectivity index (χ3n) is 5.29. The summed E-state index contributed by atoms with van der Waals surface area (Å²) in [6.07, 6.45) is 1.76. The quantitative estimate of drug-likeness (QED) is 0.345. The number of rotatable bonds is 4. The fraction of sp³-hybridized carbons (Fsp3) is 0.0741. The Kier molecular flexibility index (Phi) is 5.32. The van der Waals surface area contributed by atoms with Gasteiger partial charge in [-0.2, -0.15) is 5.26 Å².